The van der Waals surface area contributed by atoms with Crippen molar-refractivity contribution in [3.05, 3.63) is 47.8 Å². The highest BCUT2D eigenvalue weighted by Gasteiger charge is 2.10. The van der Waals surface area contributed by atoms with Gasteiger partial charge in [-0.25, -0.2) is 8.78 Å². The molecule has 0 amide bonds. The number of anilines is 1. The third-order valence-electron chi connectivity index (χ3n) is 3.39. The Balaban J connectivity index is 2.05. The van der Waals surface area contributed by atoms with Gasteiger partial charge in [-0.05, 0) is 31.0 Å². The Morgan fingerprint density at radius 2 is 1.80 bits per heavy atom. The van der Waals surface area contributed by atoms with E-state index in [2.05, 4.69) is 24.3 Å². The van der Waals surface area contributed by atoms with E-state index in [-0.39, 0.29) is 5.69 Å². The Bertz CT molecular complexity index is 542. The monoisotopic (exact) mass is 279 g/mol. The molecular weight excluding hydrogens is 260 g/mol. The van der Waals surface area contributed by atoms with Crippen molar-refractivity contribution < 1.29 is 8.78 Å². The molecule has 0 saturated carbocycles. The summed E-state index contributed by atoms with van der Waals surface area (Å²) < 4.78 is 28.8. The van der Waals surface area contributed by atoms with Crippen molar-refractivity contribution in [1.29, 1.82) is 0 Å². The normalized spacial score (nSPS) is 11.1. The second kappa shape index (κ2) is 6.50. The van der Waals surface area contributed by atoms with Gasteiger partial charge < -0.3 is 5.32 Å². The first-order valence-electron chi connectivity index (χ1n) is 6.87. The van der Waals surface area contributed by atoms with E-state index in [0.29, 0.717) is 12.6 Å². The van der Waals surface area contributed by atoms with Crippen LogP contribution < -0.4 is 5.32 Å². The molecule has 0 aliphatic carbocycles. The van der Waals surface area contributed by atoms with Crippen LogP contribution in [0, 0.1) is 11.6 Å². The Morgan fingerprint density at radius 1 is 1.15 bits per heavy atom. The van der Waals surface area contributed by atoms with E-state index in [1.54, 1.807) is 0 Å². The molecule has 0 aliphatic heterocycles. The summed E-state index contributed by atoms with van der Waals surface area (Å²) in [6, 6.07) is 6.04. The largest absolute Gasteiger partial charge is 0.375 e. The fraction of sp³-hybridized carbons (Fsp3) is 0.400. The van der Waals surface area contributed by atoms with E-state index in [1.165, 1.54) is 18.2 Å². The average Bonchev–Trinajstić information content (AvgIpc) is 2.88. The van der Waals surface area contributed by atoms with Crippen LogP contribution in [0.15, 0.2) is 30.5 Å². The second-order valence-corrected chi connectivity index (χ2v) is 4.71. The number of para-hydroxylation sites is 1. The first kappa shape index (κ1) is 14.5. The van der Waals surface area contributed by atoms with E-state index in [4.69, 9.17) is 0 Å². The van der Waals surface area contributed by atoms with Gasteiger partial charge in [-0.2, -0.15) is 5.10 Å². The van der Waals surface area contributed by atoms with E-state index in [1.807, 2.05) is 16.9 Å². The molecule has 0 bridgehead atoms. The van der Waals surface area contributed by atoms with Crippen LogP contribution in [0.4, 0.5) is 14.5 Å². The Labute approximate surface area is 117 Å². The zero-order valence-corrected chi connectivity index (χ0v) is 11.7. The van der Waals surface area contributed by atoms with Crippen LogP contribution in [0.2, 0.25) is 0 Å². The van der Waals surface area contributed by atoms with Gasteiger partial charge >= 0.3 is 0 Å². The fourth-order valence-corrected chi connectivity index (χ4v) is 2.18. The Hall–Kier alpha value is -1.91. The lowest BCUT2D eigenvalue weighted by Crippen LogP contribution is -2.09. The number of aromatic nitrogens is 2. The van der Waals surface area contributed by atoms with Crippen molar-refractivity contribution in [2.75, 3.05) is 5.32 Å². The molecule has 1 aromatic carbocycles. The highest BCUT2D eigenvalue weighted by Crippen LogP contribution is 2.19. The Morgan fingerprint density at radius 3 is 2.40 bits per heavy atom. The number of hydrogen-bond acceptors (Lipinski definition) is 2. The van der Waals surface area contributed by atoms with Crippen molar-refractivity contribution >= 4 is 5.69 Å². The van der Waals surface area contributed by atoms with Crippen LogP contribution >= 0.6 is 0 Å². The van der Waals surface area contributed by atoms with Gasteiger partial charge in [0, 0.05) is 6.20 Å². The summed E-state index contributed by atoms with van der Waals surface area (Å²) in [7, 11) is 0. The maximum Gasteiger partial charge on any atom is 0.149 e. The lowest BCUT2D eigenvalue weighted by molar-refractivity contribution is 0.426. The number of rotatable bonds is 6. The minimum atomic E-state index is -0.593. The molecule has 0 aliphatic rings. The zero-order valence-electron chi connectivity index (χ0n) is 11.7. The molecule has 2 aromatic rings. The third-order valence-corrected chi connectivity index (χ3v) is 3.39. The number of hydrogen-bond donors (Lipinski definition) is 1. The van der Waals surface area contributed by atoms with Crippen molar-refractivity contribution in [2.24, 2.45) is 0 Å². The van der Waals surface area contributed by atoms with Crippen LogP contribution in [0.1, 0.15) is 38.4 Å². The first-order chi connectivity index (χ1) is 9.65. The Kier molecular flexibility index (Phi) is 4.71. The summed E-state index contributed by atoms with van der Waals surface area (Å²) in [5.74, 6) is -1.19. The van der Waals surface area contributed by atoms with Gasteiger partial charge in [0.15, 0.2) is 0 Å². The molecule has 0 spiro atoms. The van der Waals surface area contributed by atoms with Crippen molar-refractivity contribution in [1.82, 2.24) is 9.78 Å². The molecule has 0 fully saturated rings. The van der Waals surface area contributed by atoms with Crippen LogP contribution in [0.5, 0.6) is 0 Å². The maximum atomic E-state index is 13.5. The number of nitrogens with zero attached hydrogens (tertiary/aromatic N) is 2. The van der Waals surface area contributed by atoms with Crippen LogP contribution in [-0.4, -0.2) is 9.78 Å². The molecule has 0 atom stereocenters. The smallest absolute Gasteiger partial charge is 0.149 e. The second-order valence-electron chi connectivity index (χ2n) is 4.71. The predicted octanol–water partition coefficient (Wildman–Crippen LogP) is 4.13. The summed E-state index contributed by atoms with van der Waals surface area (Å²) in [6.07, 6.45) is 3.92. The van der Waals surface area contributed by atoms with Crippen LogP contribution in [0.25, 0.3) is 0 Å². The van der Waals surface area contributed by atoms with Gasteiger partial charge in [-0.1, -0.05) is 19.9 Å². The highest BCUT2D eigenvalue weighted by atomic mass is 19.1. The molecule has 1 N–H and O–H groups in total. The molecule has 108 valence electrons. The molecular formula is C15H19F2N3. The number of benzene rings is 1. The predicted molar refractivity (Wildman–Crippen MR) is 75.5 cm³/mol. The molecule has 0 unspecified atom stereocenters. The zero-order chi connectivity index (χ0) is 14.5. The van der Waals surface area contributed by atoms with E-state index in [0.717, 1.165) is 18.5 Å². The lowest BCUT2D eigenvalue weighted by Gasteiger charge is -2.12. The summed E-state index contributed by atoms with van der Waals surface area (Å²) in [4.78, 5) is 0. The molecule has 0 saturated heterocycles. The topological polar surface area (TPSA) is 29.9 Å². The summed E-state index contributed by atoms with van der Waals surface area (Å²) >= 11 is 0. The van der Waals surface area contributed by atoms with Crippen molar-refractivity contribution in [3.63, 3.8) is 0 Å². The highest BCUT2D eigenvalue weighted by molar-refractivity contribution is 5.46. The van der Waals surface area contributed by atoms with Crippen LogP contribution in [0.3, 0.4) is 0 Å². The minimum Gasteiger partial charge on any atom is -0.375 e. The summed E-state index contributed by atoms with van der Waals surface area (Å²) in [5, 5.41) is 7.20. The standard InChI is InChI=1S/C15H19F2N3/c1-3-12(4-2)20-9-8-11(19-20)10-18-15-13(16)6-5-7-14(15)17/h5-9,12,18H,3-4,10H2,1-2H3. The van der Waals surface area contributed by atoms with Crippen molar-refractivity contribution in [3.8, 4) is 0 Å². The minimum absolute atomic E-state index is 0.107. The SMILES string of the molecule is CCC(CC)n1ccc(CNc2c(F)cccc2F)n1. The lowest BCUT2D eigenvalue weighted by atomic mass is 10.2. The van der Waals surface area contributed by atoms with Gasteiger partial charge in [-0.3, -0.25) is 4.68 Å². The van der Waals surface area contributed by atoms with Crippen molar-refractivity contribution in [2.45, 2.75) is 39.3 Å². The maximum absolute atomic E-state index is 13.5. The van der Waals surface area contributed by atoms with E-state index in [9.17, 15) is 8.78 Å². The molecule has 3 nitrogen and oxygen atoms in total. The molecule has 0 radical (unpaired) electrons. The first-order valence-corrected chi connectivity index (χ1v) is 6.87. The molecule has 2 rings (SSSR count). The van der Waals surface area contributed by atoms with Gasteiger partial charge in [0.25, 0.3) is 0 Å². The van der Waals surface area contributed by atoms with Gasteiger partial charge in [0.2, 0.25) is 0 Å². The average molecular weight is 279 g/mol. The van der Waals surface area contributed by atoms with Gasteiger partial charge in [0.1, 0.15) is 17.3 Å². The molecule has 1 aromatic heterocycles. The third kappa shape index (κ3) is 3.15. The molecule has 20 heavy (non-hydrogen) atoms. The fourth-order valence-electron chi connectivity index (χ4n) is 2.18. The molecule has 1 heterocycles. The number of nitrogens with one attached hydrogen (secondary N) is 1. The summed E-state index contributed by atoms with van der Waals surface area (Å²) in [5.41, 5.74) is 0.657. The number of halogens is 2. The van der Waals surface area contributed by atoms with E-state index >= 15 is 0 Å². The quantitative estimate of drug-likeness (QED) is 0.861. The molecule has 5 heteroatoms. The van der Waals surface area contributed by atoms with Gasteiger partial charge in [0.05, 0.1) is 18.3 Å². The van der Waals surface area contributed by atoms with E-state index < -0.39 is 11.6 Å². The van der Waals surface area contributed by atoms with Crippen LogP contribution in [-0.2, 0) is 6.54 Å². The van der Waals surface area contributed by atoms with Gasteiger partial charge in [-0.15, -0.1) is 0 Å². The summed E-state index contributed by atoms with van der Waals surface area (Å²) in [6.45, 7) is 4.52.